The lowest BCUT2D eigenvalue weighted by molar-refractivity contribution is -0.144. The van der Waals surface area contributed by atoms with Crippen LogP contribution < -0.4 is 5.32 Å². The molecule has 4 nitrogen and oxygen atoms in total. The molecular formula is C10H22N2O2. The van der Waals surface area contributed by atoms with E-state index in [4.69, 9.17) is 5.11 Å². The van der Waals surface area contributed by atoms with E-state index in [9.17, 15) is 4.79 Å². The quantitative estimate of drug-likeness (QED) is 0.599. The van der Waals surface area contributed by atoms with E-state index in [0.29, 0.717) is 6.42 Å². The number of hydrogen-bond donors (Lipinski definition) is 2. The van der Waals surface area contributed by atoms with Gasteiger partial charge < -0.3 is 15.3 Å². The van der Waals surface area contributed by atoms with Crippen LogP contribution in [0.15, 0.2) is 0 Å². The molecule has 84 valence electrons. The van der Waals surface area contributed by atoms with Crippen LogP contribution in [0, 0.1) is 0 Å². The largest absolute Gasteiger partial charge is 0.480 e. The fourth-order valence-corrected chi connectivity index (χ4v) is 1.11. The molecule has 0 amide bonds. The highest BCUT2D eigenvalue weighted by Crippen LogP contribution is 2.08. The first-order chi connectivity index (χ1) is 6.42. The smallest absolute Gasteiger partial charge is 0.323 e. The van der Waals surface area contributed by atoms with E-state index < -0.39 is 11.5 Å². The Morgan fingerprint density at radius 1 is 1.50 bits per heavy atom. The van der Waals surface area contributed by atoms with Crippen LogP contribution in [-0.4, -0.2) is 48.7 Å². The van der Waals surface area contributed by atoms with Crippen molar-refractivity contribution in [1.29, 1.82) is 0 Å². The fraction of sp³-hybridized carbons (Fsp3) is 0.900. The highest BCUT2D eigenvalue weighted by molar-refractivity contribution is 5.78. The number of nitrogens with zero attached hydrogens (tertiary/aromatic N) is 1. The van der Waals surface area contributed by atoms with Crippen LogP contribution in [0.25, 0.3) is 0 Å². The third kappa shape index (κ3) is 4.58. The van der Waals surface area contributed by atoms with Gasteiger partial charge in [0.25, 0.3) is 0 Å². The Labute approximate surface area is 86.3 Å². The summed E-state index contributed by atoms with van der Waals surface area (Å²) in [7, 11) is 4.02. The van der Waals surface area contributed by atoms with Crippen LogP contribution in [0.2, 0.25) is 0 Å². The summed E-state index contributed by atoms with van der Waals surface area (Å²) in [6.45, 7) is 5.33. The molecule has 0 fully saturated rings. The molecule has 14 heavy (non-hydrogen) atoms. The van der Waals surface area contributed by atoms with Gasteiger partial charge in [0.15, 0.2) is 0 Å². The molecule has 0 saturated heterocycles. The number of nitrogens with one attached hydrogen (secondary N) is 1. The van der Waals surface area contributed by atoms with E-state index >= 15 is 0 Å². The van der Waals surface area contributed by atoms with E-state index in [-0.39, 0.29) is 0 Å². The zero-order chi connectivity index (χ0) is 11.2. The van der Waals surface area contributed by atoms with Crippen molar-refractivity contribution in [3.8, 4) is 0 Å². The minimum absolute atomic E-state index is 0.601. The maximum absolute atomic E-state index is 10.9. The maximum atomic E-state index is 10.9. The van der Waals surface area contributed by atoms with E-state index in [1.807, 2.05) is 21.0 Å². The minimum Gasteiger partial charge on any atom is -0.480 e. The lowest BCUT2D eigenvalue weighted by Gasteiger charge is -2.25. The molecule has 0 rings (SSSR count). The van der Waals surface area contributed by atoms with Crippen LogP contribution >= 0.6 is 0 Å². The second kappa shape index (κ2) is 5.98. The molecule has 0 aromatic heterocycles. The molecular weight excluding hydrogens is 180 g/mol. The summed E-state index contributed by atoms with van der Waals surface area (Å²) in [5.41, 5.74) is -0.772. The summed E-state index contributed by atoms with van der Waals surface area (Å²) in [6, 6.07) is 0. The SMILES string of the molecule is CCC(C)(NCCCN(C)C)C(=O)O. The molecule has 0 heterocycles. The van der Waals surface area contributed by atoms with Crippen molar-refractivity contribution in [2.24, 2.45) is 0 Å². The Morgan fingerprint density at radius 3 is 2.43 bits per heavy atom. The van der Waals surface area contributed by atoms with Crippen molar-refractivity contribution in [2.45, 2.75) is 32.2 Å². The van der Waals surface area contributed by atoms with E-state index in [1.54, 1.807) is 6.92 Å². The Kier molecular flexibility index (Phi) is 5.72. The van der Waals surface area contributed by atoms with E-state index in [2.05, 4.69) is 10.2 Å². The molecule has 0 radical (unpaired) electrons. The van der Waals surface area contributed by atoms with Gasteiger partial charge in [0, 0.05) is 0 Å². The molecule has 0 aromatic carbocycles. The molecule has 1 unspecified atom stereocenters. The van der Waals surface area contributed by atoms with Gasteiger partial charge in [0.1, 0.15) is 5.54 Å². The van der Waals surface area contributed by atoms with Gasteiger partial charge in [-0.25, -0.2) is 0 Å². The Morgan fingerprint density at radius 2 is 2.07 bits per heavy atom. The van der Waals surface area contributed by atoms with Gasteiger partial charge in [0.05, 0.1) is 0 Å². The molecule has 0 saturated carbocycles. The summed E-state index contributed by atoms with van der Waals surface area (Å²) in [5.74, 6) is -0.773. The summed E-state index contributed by atoms with van der Waals surface area (Å²) in [5, 5.41) is 12.0. The van der Waals surface area contributed by atoms with Crippen molar-refractivity contribution >= 4 is 5.97 Å². The van der Waals surface area contributed by atoms with E-state index in [0.717, 1.165) is 19.5 Å². The van der Waals surface area contributed by atoms with E-state index in [1.165, 1.54) is 0 Å². The summed E-state index contributed by atoms with van der Waals surface area (Å²) < 4.78 is 0. The first-order valence-corrected chi connectivity index (χ1v) is 5.05. The number of hydrogen-bond acceptors (Lipinski definition) is 3. The standard InChI is InChI=1S/C10H22N2O2/c1-5-10(2,9(13)14)11-7-6-8-12(3)4/h11H,5-8H2,1-4H3,(H,13,14). The Bertz CT molecular complexity index is 183. The van der Waals surface area contributed by atoms with Crippen molar-refractivity contribution in [3.05, 3.63) is 0 Å². The van der Waals surface area contributed by atoms with Crippen molar-refractivity contribution in [1.82, 2.24) is 10.2 Å². The van der Waals surface area contributed by atoms with Crippen molar-refractivity contribution in [3.63, 3.8) is 0 Å². The molecule has 0 spiro atoms. The molecule has 1 atom stereocenters. The summed E-state index contributed by atoms with van der Waals surface area (Å²) in [4.78, 5) is 13.0. The van der Waals surface area contributed by atoms with Crippen LogP contribution in [0.3, 0.4) is 0 Å². The van der Waals surface area contributed by atoms with Gasteiger partial charge in [-0.2, -0.15) is 0 Å². The highest BCUT2D eigenvalue weighted by Gasteiger charge is 2.29. The molecule has 0 aliphatic rings. The van der Waals surface area contributed by atoms with Gasteiger partial charge >= 0.3 is 5.97 Å². The first kappa shape index (κ1) is 13.4. The van der Waals surface area contributed by atoms with Crippen LogP contribution in [-0.2, 0) is 4.79 Å². The van der Waals surface area contributed by atoms with Gasteiger partial charge in [-0.3, -0.25) is 4.79 Å². The van der Waals surface area contributed by atoms with Crippen molar-refractivity contribution in [2.75, 3.05) is 27.2 Å². The summed E-state index contributed by atoms with van der Waals surface area (Å²) in [6.07, 6.45) is 1.57. The topological polar surface area (TPSA) is 52.6 Å². The van der Waals surface area contributed by atoms with Crippen molar-refractivity contribution < 1.29 is 9.90 Å². The molecule has 0 aromatic rings. The second-order valence-corrected chi connectivity index (χ2v) is 4.07. The Balaban J connectivity index is 3.79. The summed E-state index contributed by atoms with van der Waals surface area (Å²) >= 11 is 0. The number of carbonyl (C=O) groups is 1. The number of rotatable bonds is 7. The predicted molar refractivity (Wildman–Crippen MR) is 57.5 cm³/mol. The third-order valence-corrected chi connectivity index (χ3v) is 2.48. The normalized spacial score (nSPS) is 15.5. The highest BCUT2D eigenvalue weighted by atomic mass is 16.4. The number of carboxylic acid groups (broad SMARTS) is 1. The fourth-order valence-electron chi connectivity index (χ4n) is 1.11. The molecule has 0 aliphatic heterocycles. The second-order valence-electron chi connectivity index (χ2n) is 4.07. The third-order valence-electron chi connectivity index (χ3n) is 2.48. The Hall–Kier alpha value is -0.610. The van der Waals surface area contributed by atoms with Gasteiger partial charge in [-0.1, -0.05) is 6.92 Å². The van der Waals surface area contributed by atoms with Gasteiger partial charge in [-0.05, 0) is 47.0 Å². The number of carboxylic acids is 1. The first-order valence-electron chi connectivity index (χ1n) is 5.05. The van der Waals surface area contributed by atoms with Crippen LogP contribution in [0.1, 0.15) is 26.7 Å². The minimum atomic E-state index is -0.773. The molecule has 0 bridgehead atoms. The molecule has 4 heteroatoms. The maximum Gasteiger partial charge on any atom is 0.323 e. The monoisotopic (exact) mass is 202 g/mol. The lowest BCUT2D eigenvalue weighted by Crippen LogP contribution is -2.49. The van der Waals surface area contributed by atoms with Crippen LogP contribution in [0.5, 0.6) is 0 Å². The zero-order valence-electron chi connectivity index (χ0n) is 9.63. The van der Waals surface area contributed by atoms with Gasteiger partial charge in [-0.15, -0.1) is 0 Å². The predicted octanol–water partition coefficient (Wildman–Crippen LogP) is 0.781. The zero-order valence-corrected chi connectivity index (χ0v) is 9.63. The average Bonchev–Trinajstić information content (AvgIpc) is 2.11. The molecule has 2 N–H and O–H groups in total. The van der Waals surface area contributed by atoms with Gasteiger partial charge in [0.2, 0.25) is 0 Å². The van der Waals surface area contributed by atoms with Crippen LogP contribution in [0.4, 0.5) is 0 Å². The molecule has 0 aliphatic carbocycles. The number of aliphatic carboxylic acids is 1. The lowest BCUT2D eigenvalue weighted by atomic mass is 9.99. The average molecular weight is 202 g/mol.